The Kier molecular flexibility index (Phi) is 5.46. The van der Waals surface area contributed by atoms with Crippen LogP contribution in [0, 0.1) is 0 Å². The van der Waals surface area contributed by atoms with E-state index in [0.29, 0.717) is 13.2 Å². The summed E-state index contributed by atoms with van der Waals surface area (Å²) in [5, 5.41) is 2.64. The smallest absolute Gasteiger partial charge is 0.265 e. The first-order chi connectivity index (χ1) is 10.9. The minimum Gasteiger partial charge on any atom is -0.383 e. The molecule has 6 nitrogen and oxygen atoms in total. The van der Waals surface area contributed by atoms with E-state index in [1.165, 1.54) is 4.90 Å². The van der Waals surface area contributed by atoms with Gasteiger partial charge in [-0.05, 0) is 36.0 Å². The number of carbonyl (C=O) groups excluding carboxylic acids is 2. The molecular formula is C16H19N3O3S. The molecule has 0 atom stereocenters. The van der Waals surface area contributed by atoms with Crippen molar-refractivity contribution in [2.45, 2.75) is 0 Å². The lowest BCUT2D eigenvalue weighted by Crippen LogP contribution is -2.54. The van der Waals surface area contributed by atoms with E-state index < -0.39 is 11.8 Å². The first-order valence-electron chi connectivity index (χ1n) is 7.09. The molecule has 1 N–H and O–H groups in total. The number of methoxy groups -OCH3 is 1. The van der Waals surface area contributed by atoms with E-state index in [2.05, 4.69) is 5.32 Å². The second-order valence-electron chi connectivity index (χ2n) is 5.25. The van der Waals surface area contributed by atoms with E-state index in [4.69, 9.17) is 17.0 Å². The van der Waals surface area contributed by atoms with Gasteiger partial charge in [0.2, 0.25) is 0 Å². The molecule has 0 saturated carbocycles. The number of rotatable bonds is 5. The number of nitrogens with one attached hydrogen (secondary N) is 1. The summed E-state index contributed by atoms with van der Waals surface area (Å²) in [6.45, 7) is 0.637. The summed E-state index contributed by atoms with van der Waals surface area (Å²) in [5.41, 5.74) is 1.87. The molecule has 1 heterocycles. The van der Waals surface area contributed by atoms with Gasteiger partial charge in [-0.15, -0.1) is 0 Å². The Morgan fingerprint density at radius 3 is 2.48 bits per heavy atom. The molecule has 7 heteroatoms. The van der Waals surface area contributed by atoms with Crippen molar-refractivity contribution in [3.8, 4) is 0 Å². The van der Waals surface area contributed by atoms with Crippen LogP contribution < -0.4 is 10.2 Å². The SMILES string of the molecule is COCCN1C(=O)/C(=C/c2ccc(N(C)C)cc2)C(=O)NC1=S. The van der Waals surface area contributed by atoms with Crippen LogP contribution in [0.5, 0.6) is 0 Å². The lowest BCUT2D eigenvalue weighted by atomic mass is 10.1. The Bertz CT molecular complexity index is 653. The predicted octanol–water partition coefficient (Wildman–Crippen LogP) is 1.03. The van der Waals surface area contributed by atoms with Gasteiger partial charge in [-0.25, -0.2) is 0 Å². The number of ether oxygens (including phenoxy) is 1. The van der Waals surface area contributed by atoms with Crippen LogP contribution >= 0.6 is 12.2 Å². The maximum Gasteiger partial charge on any atom is 0.265 e. The van der Waals surface area contributed by atoms with Gasteiger partial charge in [0, 0.05) is 26.9 Å². The number of carbonyl (C=O) groups is 2. The largest absolute Gasteiger partial charge is 0.383 e. The second kappa shape index (κ2) is 7.34. The van der Waals surface area contributed by atoms with Crippen molar-refractivity contribution in [2.75, 3.05) is 39.3 Å². The molecule has 1 fully saturated rings. The van der Waals surface area contributed by atoms with E-state index in [1.807, 2.05) is 43.3 Å². The molecule has 0 aromatic heterocycles. The lowest BCUT2D eigenvalue weighted by molar-refractivity contribution is -0.129. The molecule has 122 valence electrons. The molecule has 1 saturated heterocycles. The van der Waals surface area contributed by atoms with Crippen molar-refractivity contribution in [1.29, 1.82) is 0 Å². The molecule has 1 aromatic rings. The van der Waals surface area contributed by atoms with Crippen LogP contribution in [0.15, 0.2) is 29.8 Å². The van der Waals surface area contributed by atoms with Gasteiger partial charge >= 0.3 is 0 Å². The maximum atomic E-state index is 12.5. The van der Waals surface area contributed by atoms with Crippen molar-refractivity contribution in [2.24, 2.45) is 0 Å². The van der Waals surface area contributed by atoms with E-state index in [-0.39, 0.29) is 10.7 Å². The van der Waals surface area contributed by atoms with Gasteiger partial charge in [0.05, 0.1) is 13.2 Å². The van der Waals surface area contributed by atoms with Gasteiger partial charge in [0.15, 0.2) is 5.11 Å². The van der Waals surface area contributed by atoms with Crippen molar-refractivity contribution in [1.82, 2.24) is 10.2 Å². The summed E-state index contributed by atoms with van der Waals surface area (Å²) in [6, 6.07) is 7.56. The van der Waals surface area contributed by atoms with Crippen molar-refractivity contribution in [3.63, 3.8) is 0 Å². The van der Waals surface area contributed by atoms with Gasteiger partial charge in [-0.2, -0.15) is 0 Å². The third kappa shape index (κ3) is 3.94. The molecule has 0 aliphatic carbocycles. The third-order valence-corrected chi connectivity index (χ3v) is 3.75. The molecule has 0 spiro atoms. The van der Waals surface area contributed by atoms with Gasteiger partial charge in [0.1, 0.15) is 5.57 Å². The molecule has 1 aromatic carbocycles. The van der Waals surface area contributed by atoms with Crippen molar-refractivity contribution < 1.29 is 14.3 Å². The zero-order valence-electron chi connectivity index (χ0n) is 13.3. The summed E-state index contributed by atoms with van der Waals surface area (Å²) in [5.74, 6) is -0.891. The normalized spacial score (nSPS) is 16.7. The summed E-state index contributed by atoms with van der Waals surface area (Å²) in [4.78, 5) is 27.8. The van der Waals surface area contributed by atoms with E-state index in [1.54, 1.807) is 13.2 Å². The molecule has 2 rings (SSSR count). The number of hydrogen-bond donors (Lipinski definition) is 1. The topological polar surface area (TPSA) is 61.9 Å². The quantitative estimate of drug-likeness (QED) is 0.495. The van der Waals surface area contributed by atoms with Crippen LogP contribution in [-0.2, 0) is 14.3 Å². The standard InChI is InChI=1S/C16H19N3O3S/c1-18(2)12-6-4-11(5-7-12)10-13-14(20)17-16(23)19(15(13)21)8-9-22-3/h4-7,10H,8-9H2,1-3H3,(H,17,20,23)/b13-10+. The number of nitrogens with zero attached hydrogens (tertiary/aromatic N) is 2. The molecular weight excluding hydrogens is 314 g/mol. The number of amides is 2. The fourth-order valence-corrected chi connectivity index (χ4v) is 2.38. The Labute approximate surface area is 140 Å². The molecule has 0 bridgehead atoms. The van der Waals surface area contributed by atoms with Crippen molar-refractivity contribution in [3.05, 3.63) is 35.4 Å². The van der Waals surface area contributed by atoms with Crippen molar-refractivity contribution >= 4 is 40.9 Å². The highest BCUT2D eigenvalue weighted by Crippen LogP contribution is 2.17. The average Bonchev–Trinajstić information content (AvgIpc) is 2.51. The number of benzene rings is 1. The lowest BCUT2D eigenvalue weighted by Gasteiger charge is -2.28. The van der Waals surface area contributed by atoms with Gasteiger partial charge in [-0.1, -0.05) is 12.1 Å². The molecule has 0 radical (unpaired) electrons. The number of thiocarbonyl (C=S) groups is 1. The van der Waals surface area contributed by atoms with Gasteiger partial charge in [0.25, 0.3) is 11.8 Å². The summed E-state index contributed by atoms with van der Waals surface area (Å²) >= 11 is 5.04. The third-order valence-electron chi connectivity index (χ3n) is 3.43. The monoisotopic (exact) mass is 333 g/mol. The van der Waals surface area contributed by atoms with Gasteiger partial charge in [-0.3, -0.25) is 19.8 Å². The minimum atomic E-state index is -0.481. The summed E-state index contributed by atoms with van der Waals surface area (Å²) in [6.07, 6.45) is 1.57. The van der Waals surface area contributed by atoms with Gasteiger partial charge < -0.3 is 9.64 Å². The zero-order valence-corrected chi connectivity index (χ0v) is 14.1. The Balaban J connectivity index is 2.26. The first kappa shape index (κ1) is 17.1. The highest BCUT2D eigenvalue weighted by atomic mass is 32.1. The Hall–Kier alpha value is -2.25. The molecule has 1 aliphatic heterocycles. The van der Waals surface area contributed by atoms with Crippen LogP contribution in [0.25, 0.3) is 6.08 Å². The minimum absolute atomic E-state index is 0.0623. The van der Waals surface area contributed by atoms with E-state index >= 15 is 0 Å². The number of anilines is 1. The van der Waals surface area contributed by atoms with E-state index in [9.17, 15) is 9.59 Å². The molecule has 2 amide bonds. The summed E-state index contributed by atoms with van der Waals surface area (Å²) in [7, 11) is 5.43. The molecule has 23 heavy (non-hydrogen) atoms. The summed E-state index contributed by atoms with van der Waals surface area (Å²) < 4.78 is 4.97. The Morgan fingerprint density at radius 2 is 1.91 bits per heavy atom. The fraction of sp³-hybridized carbons (Fsp3) is 0.312. The maximum absolute atomic E-state index is 12.5. The zero-order chi connectivity index (χ0) is 17.0. The van der Waals surface area contributed by atoms with Crippen LogP contribution in [-0.4, -0.2) is 56.2 Å². The van der Waals surface area contributed by atoms with Crippen LogP contribution in [0.1, 0.15) is 5.56 Å². The first-order valence-corrected chi connectivity index (χ1v) is 7.50. The number of hydrogen-bond acceptors (Lipinski definition) is 5. The fourth-order valence-electron chi connectivity index (χ4n) is 2.11. The molecule has 0 unspecified atom stereocenters. The van der Waals surface area contributed by atoms with Crippen LogP contribution in [0.2, 0.25) is 0 Å². The molecule has 1 aliphatic rings. The highest BCUT2D eigenvalue weighted by molar-refractivity contribution is 7.80. The highest BCUT2D eigenvalue weighted by Gasteiger charge is 2.32. The van der Waals surface area contributed by atoms with Crippen LogP contribution in [0.3, 0.4) is 0 Å². The predicted molar refractivity (Wildman–Crippen MR) is 93.1 cm³/mol. The average molecular weight is 333 g/mol. The van der Waals surface area contributed by atoms with Crippen LogP contribution in [0.4, 0.5) is 5.69 Å². The second-order valence-corrected chi connectivity index (χ2v) is 5.64. The van der Waals surface area contributed by atoms with E-state index in [0.717, 1.165) is 11.3 Å². The Morgan fingerprint density at radius 1 is 1.26 bits per heavy atom.